The van der Waals surface area contributed by atoms with E-state index in [1.54, 1.807) is 12.2 Å². The second-order valence-electron chi connectivity index (χ2n) is 4.44. The van der Waals surface area contributed by atoms with E-state index in [1.165, 1.54) is 0 Å². The molecule has 14 heavy (non-hydrogen) atoms. The molecule has 4 heteroatoms. The molecule has 0 aromatic heterocycles. The molecule has 0 unspecified atom stereocenters. The third kappa shape index (κ3) is 3.79. The normalized spacial score (nSPS) is 26.3. The predicted molar refractivity (Wildman–Crippen MR) is 52.9 cm³/mol. The van der Waals surface area contributed by atoms with Gasteiger partial charge in [0.1, 0.15) is 5.60 Å². The van der Waals surface area contributed by atoms with Gasteiger partial charge >= 0.3 is 6.09 Å². The molecule has 1 rings (SSSR count). The summed E-state index contributed by atoms with van der Waals surface area (Å²) in [5.41, 5.74) is -0.481. The molecule has 0 aliphatic heterocycles. The Kier molecular flexibility index (Phi) is 3.16. The fourth-order valence-electron chi connectivity index (χ4n) is 1.25. The lowest BCUT2D eigenvalue weighted by molar-refractivity contribution is 0.0509. The lowest BCUT2D eigenvalue weighted by atomic mass is 10.2. The molecular weight excluding hydrogens is 182 g/mol. The maximum Gasteiger partial charge on any atom is 0.408 e. The monoisotopic (exact) mass is 199 g/mol. The highest BCUT2D eigenvalue weighted by Crippen LogP contribution is 2.12. The van der Waals surface area contributed by atoms with Crippen molar-refractivity contribution < 1.29 is 14.6 Å². The average molecular weight is 199 g/mol. The summed E-state index contributed by atoms with van der Waals surface area (Å²) in [4.78, 5) is 11.3. The summed E-state index contributed by atoms with van der Waals surface area (Å²) in [6.45, 7) is 5.43. The minimum absolute atomic E-state index is 0.111. The highest BCUT2D eigenvalue weighted by atomic mass is 16.6. The van der Waals surface area contributed by atoms with Gasteiger partial charge in [-0.25, -0.2) is 4.79 Å². The highest BCUT2D eigenvalue weighted by molar-refractivity contribution is 5.68. The molecule has 0 spiro atoms. The summed E-state index contributed by atoms with van der Waals surface area (Å²) >= 11 is 0. The van der Waals surface area contributed by atoms with Crippen molar-refractivity contribution in [3.63, 3.8) is 0 Å². The SMILES string of the molecule is CC(C)(C)OC(=O)N[C@@H]1C=C[C@H](O)C1. The quantitative estimate of drug-likeness (QED) is 0.624. The molecule has 1 aliphatic rings. The third-order valence-corrected chi connectivity index (χ3v) is 1.76. The van der Waals surface area contributed by atoms with Gasteiger partial charge in [0.2, 0.25) is 0 Å². The standard InChI is InChI=1S/C10H17NO3/c1-10(2,3)14-9(13)11-7-4-5-8(12)6-7/h4-5,7-8,12H,6H2,1-3H3,(H,11,13)/t7-,8+/m1/s1. The van der Waals surface area contributed by atoms with E-state index in [1.807, 2.05) is 20.8 Å². The number of rotatable bonds is 1. The Morgan fingerprint density at radius 1 is 1.50 bits per heavy atom. The van der Waals surface area contributed by atoms with Crippen molar-refractivity contribution in [1.82, 2.24) is 5.32 Å². The lowest BCUT2D eigenvalue weighted by Crippen LogP contribution is -2.38. The van der Waals surface area contributed by atoms with Gasteiger partial charge in [-0.05, 0) is 20.8 Å². The molecule has 2 atom stereocenters. The minimum Gasteiger partial charge on any atom is -0.444 e. The van der Waals surface area contributed by atoms with Crippen molar-refractivity contribution in [2.75, 3.05) is 0 Å². The van der Waals surface area contributed by atoms with Crippen LogP contribution in [0.2, 0.25) is 0 Å². The molecule has 0 saturated heterocycles. The summed E-state index contributed by atoms with van der Waals surface area (Å²) in [6, 6.07) is -0.111. The molecule has 4 nitrogen and oxygen atoms in total. The van der Waals surface area contributed by atoms with Crippen LogP contribution in [0.5, 0.6) is 0 Å². The van der Waals surface area contributed by atoms with Gasteiger partial charge in [0, 0.05) is 6.42 Å². The van der Waals surface area contributed by atoms with E-state index in [9.17, 15) is 4.79 Å². The first-order valence-electron chi connectivity index (χ1n) is 4.73. The van der Waals surface area contributed by atoms with E-state index in [0.717, 1.165) is 0 Å². The molecule has 0 aromatic rings. The van der Waals surface area contributed by atoms with Crippen molar-refractivity contribution in [3.8, 4) is 0 Å². The van der Waals surface area contributed by atoms with Crippen LogP contribution in [0.1, 0.15) is 27.2 Å². The maximum absolute atomic E-state index is 11.3. The van der Waals surface area contributed by atoms with Crippen molar-refractivity contribution >= 4 is 6.09 Å². The first-order chi connectivity index (χ1) is 6.37. The third-order valence-electron chi connectivity index (χ3n) is 1.76. The topological polar surface area (TPSA) is 58.6 Å². The summed E-state index contributed by atoms with van der Waals surface area (Å²) in [5.74, 6) is 0. The van der Waals surface area contributed by atoms with Gasteiger partial charge in [-0.1, -0.05) is 12.2 Å². The summed E-state index contributed by atoms with van der Waals surface area (Å²) in [6.07, 6.45) is 3.08. The molecule has 0 saturated carbocycles. The van der Waals surface area contributed by atoms with Crippen LogP contribution in [0.25, 0.3) is 0 Å². The summed E-state index contributed by atoms with van der Waals surface area (Å²) in [5, 5.41) is 11.8. The largest absolute Gasteiger partial charge is 0.444 e. The fraction of sp³-hybridized carbons (Fsp3) is 0.700. The van der Waals surface area contributed by atoms with Crippen molar-refractivity contribution in [2.45, 2.75) is 44.9 Å². The average Bonchev–Trinajstić information content (AvgIpc) is 2.30. The number of nitrogens with one attached hydrogen (secondary N) is 1. The fourth-order valence-corrected chi connectivity index (χ4v) is 1.25. The number of carbonyl (C=O) groups excluding carboxylic acids is 1. The van der Waals surface area contributed by atoms with Crippen LogP contribution in [0.4, 0.5) is 4.79 Å². The van der Waals surface area contributed by atoms with Crippen LogP contribution in [0, 0.1) is 0 Å². The van der Waals surface area contributed by atoms with Gasteiger partial charge in [-0.2, -0.15) is 0 Å². The van der Waals surface area contributed by atoms with Gasteiger partial charge in [-0.3, -0.25) is 0 Å². The zero-order chi connectivity index (χ0) is 10.8. The van der Waals surface area contributed by atoms with Crippen LogP contribution in [-0.2, 0) is 4.74 Å². The molecule has 0 fully saturated rings. The molecular formula is C10H17NO3. The Morgan fingerprint density at radius 2 is 2.14 bits per heavy atom. The molecule has 0 aromatic carbocycles. The number of aliphatic hydroxyl groups is 1. The van der Waals surface area contributed by atoms with E-state index < -0.39 is 17.8 Å². The first kappa shape index (κ1) is 11.0. The number of alkyl carbamates (subject to hydrolysis) is 1. The zero-order valence-electron chi connectivity index (χ0n) is 8.78. The Hall–Kier alpha value is -1.03. The summed E-state index contributed by atoms with van der Waals surface area (Å²) < 4.78 is 5.07. The van der Waals surface area contributed by atoms with E-state index in [0.29, 0.717) is 6.42 Å². The molecule has 2 N–H and O–H groups in total. The smallest absolute Gasteiger partial charge is 0.408 e. The van der Waals surface area contributed by atoms with Crippen molar-refractivity contribution in [1.29, 1.82) is 0 Å². The second kappa shape index (κ2) is 4.00. The van der Waals surface area contributed by atoms with Crippen LogP contribution in [0.3, 0.4) is 0 Å². The Balaban J connectivity index is 2.32. The minimum atomic E-state index is -0.481. The zero-order valence-corrected chi connectivity index (χ0v) is 8.78. The number of amides is 1. The van der Waals surface area contributed by atoms with Crippen LogP contribution < -0.4 is 5.32 Å². The van der Waals surface area contributed by atoms with Crippen LogP contribution in [0.15, 0.2) is 12.2 Å². The Labute approximate surface area is 83.9 Å². The van der Waals surface area contributed by atoms with E-state index >= 15 is 0 Å². The van der Waals surface area contributed by atoms with E-state index in [2.05, 4.69) is 5.32 Å². The highest BCUT2D eigenvalue weighted by Gasteiger charge is 2.21. The van der Waals surface area contributed by atoms with Gasteiger partial charge in [-0.15, -0.1) is 0 Å². The first-order valence-corrected chi connectivity index (χ1v) is 4.73. The second-order valence-corrected chi connectivity index (χ2v) is 4.44. The van der Waals surface area contributed by atoms with Crippen molar-refractivity contribution in [3.05, 3.63) is 12.2 Å². The van der Waals surface area contributed by atoms with Gasteiger partial charge in [0.15, 0.2) is 0 Å². The predicted octanol–water partition coefficient (Wildman–Crippen LogP) is 1.20. The molecule has 0 radical (unpaired) electrons. The van der Waals surface area contributed by atoms with E-state index in [-0.39, 0.29) is 6.04 Å². The lowest BCUT2D eigenvalue weighted by Gasteiger charge is -2.21. The number of ether oxygens (including phenoxy) is 1. The van der Waals surface area contributed by atoms with Crippen molar-refractivity contribution in [2.24, 2.45) is 0 Å². The molecule has 0 bridgehead atoms. The number of carbonyl (C=O) groups is 1. The Bertz CT molecular complexity index is 242. The molecule has 80 valence electrons. The van der Waals surface area contributed by atoms with E-state index in [4.69, 9.17) is 9.84 Å². The van der Waals surface area contributed by atoms with Gasteiger partial charge in [0.05, 0.1) is 12.1 Å². The van der Waals surface area contributed by atoms with Crippen LogP contribution in [-0.4, -0.2) is 28.9 Å². The molecule has 1 aliphatic carbocycles. The Morgan fingerprint density at radius 3 is 2.57 bits per heavy atom. The molecule has 0 heterocycles. The number of hydrogen-bond acceptors (Lipinski definition) is 3. The van der Waals surface area contributed by atoms with Gasteiger partial charge in [0.25, 0.3) is 0 Å². The van der Waals surface area contributed by atoms with Gasteiger partial charge < -0.3 is 15.2 Å². The number of hydrogen-bond donors (Lipinski definition) is 2. The van der Waals surface area contributed by atoms with Crippen LogP contribution >= 0.6 is 0 Å². The number of aliphatic hydroxyl groups excluding tert-OH is 1. The maximum atomic E-state index is 11.3. The summed E-state index contributed by atoms with van der Waals surface area (Å²) in [7, 11) is 0. The molecule has 1 amide bonds.